The summed E-state index contributed by atoms with van der Waals surface area (Å²) in [6, 6.07) is 14.9. The lowest BCUT2D eigenvalue weighted by Gasteiger charge is -2.35. The zero-order chi connectivity index (χ0) is 23.8. The van der Waals surface area contributed by atoms with Crippen molar-refractivity contribution in [3.63, 3.8) is 0 Å². The van der Waals surface area contributed by atoms with Gasteiger partial charge in [-0.1, -0.05) is 30.3 Å². The van der Waals surface area contributed by atoms with Gasteiger partial charge in [-0.3, -0.25) is 4.79 Å². The third-order valence-electron chi connectivity index (χ3n) is 6.22. The van der Waals surface area contributed by atoms with E-state index >= 15 is 4.39 Å². The molecular weight excluding hydrogens is 435 g/mol. The Morgan fingerprint density at radius 3 is 2.79 bits per heavy atom. The maximum absolute atomic E-state index is 15.3. The number of aryl methyl sites for hydroxylation is 1. The number of nitrogens with zero attached hydrogens (tertiary/aromatic N) is 3. The monoisotopic (exact) mass is 460 g/mol. The highest BCUT2D eigenvalue weighted by atomic mass is 19.1. The molecule has 1 saturated heterocycles. The standard InChI is InChI=1S/C26H25FN4O3/c1-3-34-26(33)19-14-30(2)25-18(24(19)32)11-17-12-20(27)23(13-21(17)29-25)31-10-9-28-22(15-31)16-7-5-4-6-8-16/h4-8,11-14,22,28H,3,9-10,15H2,1-2H3/t22-/m1/s1. The molecule has 0 aliphatic carbocycles. The van der Waals surface area contributed by atoms with Gasteiger partial charge >= 0.3 is 5.97 Å². The number of hydrogen-bond donors (Lipinski definition) is 1. The number of carbonyl (C=O) groups excluding carboxylic acids is 1. The van der Waals surface area contributed by atoms with Crippen LogP contribution in [0.3, 0.4) is 0 Å². The van der Waals surface area contributed by atoms with E-state index in [1.807, 2.05) is 23.1 Å². The Balaban J connectivity index is 1.57. The number of anilines is 1. The van der Waals surface area contributed by atoms with Crippen LogP contribution in [-0.2, 0) is 11.8 Å². The van der Waals surface area contributed by atoms with E-state index in [0.717, 1.165) is 12.1 Å². The number of rotatable bonds is 4. The molecule has 0 radical (unpaired) electrons. The highest BCUT2D eigenvalue weighted by Gasteiger charge is 2.24. The zero-order valence-electron chi connectivity index (χ0n) is 19.0. The van der Waals surface area contributed by atoms with Crippen molar-refractivity contribution >= 4 is 33.6 Å². The lowest BCUT2D eigenvalue weighted by molar-refractivity contribution is 0.0524. The second-order valence-electron chi connectivity index (χ2n) is 8.42. The predicted molar refractivity (Wildman–Crippen MR) is 130 cm³/mol. The Hall–Kier alpha value is -3.78. The third kappa shape index (κ3) is 3.90. The van der Waals surface area contributed by atoms with Crippen LogP contribution < -0.4 is 15.6 Å². The van der Waals surface area contributed by atoms with Crippen molar-refractivity contribution < 1.29 is 13.9 Å². The molecule has 2 aromatic carbocycles. The molecule has 1 fully saturated rings. The number of fused-ring (bicyclic) bond motifs is 2. The molecule has 0 amide bonds. The van der Waals surface area contributed by atoms with E-state index in [1.165, 1.54) is 12.3 Å². The van der Waals surface area contributed by atoms with Gasteiger partial charge in [0.2, 0.25) is 5.43 Å². The number of piperazine rings is 1. The molecule has 0 saturated carbocycles. The molecule has 174 valence electrons. The van der Waals surface area contributed by atoms with Gasteiger partial charge in [0.1, 0.15) is 17.0 Å². The fourth-order valence-corrected chi connectivity index (χ4v) is 4.54. The Bertz CT molecular complexity index is 1450. The van der Waals surface area contributed by atoms with Gasteiger partial charge in [-0.25, -0.2) is 14.2 Å². The SMILES string of the molecule is CCOC(=O)c1cn(C)c2nc3cc(N4CCN[C@@H](c5ccccc5)C4)c(F)cc3cc2c1=O. The van der Waals surface area contributed by atoms with Crippen LogP contribution in [-0.4, -0.2) is 41.8 Å². The summed E-state index contributed by atoms with van der Waals surface area (Å²) in [5.74, 6) is -1.06. The summed E-state index contributed by atoms with van der Waals surface area (Å²) in [6.45, 7) is 3.87. The molecule has 5 rings (SSSR count). The van der Waals surface area contributed by atoms with Gasteiger partial charge in [0.05, 0.1) is 23.2 Å². The van der Waals surface area contributed by atoms with Crippen molar-refractivity contribution in [2.24, 2.45) is 7.05 Å². The summed E-state index contributed by atoms with van der Waals surface area (Å²) in [5, 5.41) is 4.25. The van der Waals surface area contributed by atoms with E-state index in [9.17, 15) is 9.59 Å². The van der Waals surface area contributed by atoms with Gasteiger partial charge in [-0.15, -0.1) is 0 Å². The molecule has 1 aliphatic rings. The Morgan fingerprint density at radius 1 is 1.24 bits per heavy atom. The van der Waals surface area contributed by atoms with Gasteiger partial charge in [-0.2, -0.15) is 0 Å². The topological polar surface area (TPSA) is 76.5 Å². The van der Waals surface area contributed by atoms with Gasteiger partial charge in [0, 0.05) is 44.3 Å². The Morgan fingerprint density at radius 2 is 2.03 bits per heavy atom. The fraction of sp³-hybridized carbons (Fsp3) is 0.269. The molecule has 3 heterocycles. The van der Waals surface area contributed by atoms with Crippen LogP contribution in [0.5, 0.6) is 0 Å². The molecule has 34 heavy (non-hydrogen) atoms. The molecule has 1 N–H and O–H groups in total. The minimum Gasteiger partial charge on any atom is -0.462 e. The van der Waals surface area contributed by atoms with Crippen molar-refractivity contribution in [1.29, 1.82) is 0 Å². The summed E-state index contributed by atoms with van der Waals surface area (Å²) in [7, 11) is 1.72. The van der Waals surface area contributed by atoms with Crippen molar-refractivity contribution in [1.82, 2.24) is 14.9 Å². The van der Waals surface area contributed by atoms with Gasteiger partial charge in [0.15, 0.2) is 0 Å². The first-order chi connectivity index (χ1) is 16.5. The molecule has 1 atom stereocenters. The number of nitrogens with one attached hydrogen (secondary N) is 1. The molecular formula is C26H25FN4O3. The molecule has 0 spiro atoms. The van der Waals surface area contributed by atoms with Gasteiger partial charge in [-0.05, 0) is 30.7 Å². The summed E-state index contributed by atoms with van der Waals surface area (Å²) < 4.78 is 21.9. The summed E-state index contributed by atoms with van der Waals surface area (Å²) in [5.41, 5.74) is 2.10. The third-order valence-corrected chi connectivity index (χ3v) is 6.22. The van der Waals surface area contributed by atoms with Crippen molar-refractivity contribution in [3.05, 3.63) is 81.9 Å². The van der Waals surface area contributed by atoms with Crippen LogP contribution in [0, 0.1) is 5.82 Å². The molecule has 2 aromatic heterocycles. The normalized spacial score (nSPS) is 16.2. The second-order valence-corrected chi connectivity index (χ2v) is 8.42. The Labute approximate surface area is 195 Å². The van der Waals surface area contributed by atoms with E-state index in [2.05, 4.69) is 22.4 Å². The summed E-state index contributed by atoms with van der Waals surface area (Å²) >= 11 is 0. The molecule has 8 heteroatoms. The van der Waals surface area contributed by atoms with Crippen molar-refractivity contribution in [2.75, 3.05) is 31.1 Å². The van der Waals surface area contributed by atoms with Crippen LogP contribution in [0.4, 0.5) is 10.1 Å². The smallest absolute Gasteiger partial charge is 0.343 e. The summed E-state index contributed by atoms with van der Waals surface area (Å²) in [6.07, 6.45) is 1.44. The average Bonchev–Trinajstić information content (AvgIpc) is 2.85. The summed E-state index contributed by atoms with van der Waals surface area (Å²) in [4.78, 5) is 31.8. The first-order valence-corrected chi connectivity index (χ1v) is 11.3. The van der Waals surface area contributed by atoms with Crippen LogP contribution in [0.2, 0.25) is 0 Å². The van der Waals surface area contributed by atoms with E-state index in [4.69, 9.17) is 4.74 Å². The van der Waals surface area contributed by atoms with Crippen LogP contribution in [0.15, 0.2) is 59.5 Å². The molecule has 0 unspecified atom stereocenters. The first kappa shape index (κ1) is 22.0. The first-order valence-electron chi connectivity index (χ1n) is 11.3. The van der Waals surface area contributed by atoms with Gasteiger partial charge < -0.3 is 19.5 Å². The lowest BCUT2D eigenvalue weighted by atomic mass is 10.0. The average molecular weight is 461 g/mol. The number of ether oxygens (including phenoxy) is 1. The predicted octanol–water partition coefficient (Wildman–Crippen LogP) is 3.55. The van der Waals surface area contributed by atoms with E-state index < -0.39 is 11.4 Å². The minimum absolute atomic E-state index is 0.0668. The largest absolute Gasteiger partial charge is 0.462 e. The minimum atomic E-state index is -0.682. The number of carbonyl (C=O) groups is 1. The van der Waals surface area contributed by atoms with Crippen LogP contribution in [0.1, 0.15) is 28.9 Å². The van der Waals surface area contributed by atoms with Crippen molar-refractivity contribution in [3.8, 4) is 0 Å². The Kier molecular flexibility index (Phi) is 5.75. The number of aromatic nitrogens is 2. The zero-order valence-corrected chi connectivity index (χ0v) is 19.0. The van der Waals surface area contributed by atoms with Crippen LogP contribution in [0.25, 0.3) is 21.9 Å². The maximum atomic E-state index is 15.3. The highest BCUT2D eigenvalue weighted by Crippen LogP contribution is 2.29. The van der Waals surface area contributed by atoms with E-state index in [1.54, 1.807) is 30.7 Å². The number of esters is 1. The quantitative estimate of drug-likeness (QED) is 0.371. The second kappa shape index (κ2) is 8.87. The molecule has 7 nitrogen and oxygen atoms in total. The number of hydrogen-bond acceptors (Lipinski definition) is 6. The van der Waals surface area contributed by atoms with Gasteiger partial charge in [0.25, 0.3) is 0 Å². The van der Waals surface area contributed by atoms with E-state index in [-0.39, 0.29) is 29.4 Å². The number of pyridine rings is 2. The fourth-order valence-electron chi connectivity index (χ4n) is 4.54. The highest BCUT2D eigenvalue weighted by molar-refractivity contribution is 5.97. The molecule has 1 aliphatic heterocycles. The van der Waals surface area contributed by atoms with Crippen molar-refractivity contribution in [2.45, 2.75) is 13.0 Å². The van der Waals surface area contributed by atoms with E-state index in [0.29, 0.717) is 35.3 Å². The van der Waals surface area contributed by atoms with Crippen LogP contribution >= 0.6 is 0 Å². The molecule has 4 aromatic rings. The molecule has 0 bridgehead atoms. The lowest BCUT2D eigenvalue weighted by Crippen LogP contribution is -2.46. The maximum Gasteiger partial charge on any atom is 0.343 e. The number of halogens is 1. The number of benzene rings is 2.